The Kier molecular flexibility index (Phi) is 15.1. The Bertz CT molecular complexity index is 2950. The molecule has 2 heterocycles. The summed E-state index contributed by atoms with van der Waals surface area (Å²) >= 11 is 1.74. The smallest absolute Gasteiger partial charge is 0.311 e. The van der Waals surface area contributed by atoms with E-state index in [4.69, 9.17) is 15.2 Å². The third-order valence-corrected chi connectivity index (χ3v) is 16.1. The van der Waals surface area contributed by atoms with E-state index in [-0.39, 0.29) is 52.5 Å². The number of rotatable bonds is 14. The molecular formula is C59H68IN3O4S. The summed E-state index contributed by atoms with van der Waals surface area (Å²) in [6.45, 7) is 22.2. The first-order valence-electron chi connectivity index (χ1n) is 24.0. The van der Waals surface area contributed by atoms with Gasteiger partial charge in [-0.25, -0.2) is 0 Å². The average molecular weight is 1040 g/mol. The van der Waals surface area contributed by atoms with E-state index in [1.165, 1.54) is 78.8 Å². The number of hydrogen-bond donors (Lipinski definition) is 1. The molecule has 3 aliphatic rings. The minimum absolute atomic E-state index is 0. The molecule has 0 aromatic heterocycles. The van der Waals surface area contributed by atoms with Crippen LogP contribution in [0.3, 0.4) is 0 Å². The maximum Gasteiger partial charge on any atom is 0.311 e. The number of likely N-dealkylation sites (N-methyl/N-ethyl adjacent to an activating group) is 1. The number of nitrogens with two attached hydrogens (primary N) is 1. The standard InChI is InChI=1S/C59H68N3O4S.HI/c1-12-61-48-28-19-39-33-37(3)16-26-46(39)53(48)58(6,7)51(61)30-21-41-34-43(57(4,5)56(64)66-11)35-42(55(41)67-45-24-17-38(18-25-45)50(63)15-14-32-60)22-31-52-59(8,9)54-47-27-23-44(65-10)36-40(47)20-29-49(54)62(52)13-2;/h16-31,33,36,43H,12-15,32,34-35,60H2,1-11H3;1H/q+1;/p-1. The Hall–Kier alpha value is -4.97. The number of ether oxygens (including phenoxy) is 2. The quantitative estimate of drug-likeness (QED) is 0.0513. The van der Waals surface area contributed by atoms with Crippen LogP contribution in [0.15, 0.2) is 136 Å². The summed E-state index contributed by atoms with van der Waals surface area (Å²) < 4.78 is 13.6. The molecule has 0 fully saturated rings. The number of nitrogens with zero attached hydrogens (tertiary/aromatic N) is 2. The summed E-state index contributed by atoms with van der Waals surface area (Å²) in [7, 11) is 3.21. The number of hydrogen-bond acceptors (Lipinski definition) is 7. The van der Waals surface area contributed by atoms with Crippen molar-refractivity contribution >= 4 is 62.1 Å². The Morgan fingerprint density at radius 1 is 0.853 bits per heavy atom. The fraction of sp³-hybridized carbons (Fsp3) is 0.373. The predicted octanol–water partition coefficient (Wildman–Crippen LogP) is 10.5. The van der Waals surface area contributed by atoms with Gasteiger partial charge in [-0.05, 0) is 161 Å². The minimum atomic E-state index is -0.761. The summed E-state index contributed by atoms with van der Waals surface area (Å²) in [6, 6.07) is 30.2. The number of methoxy groups -OCH3 is 2. The Balaban J connectivity index is 0.00000684. The first-order valence-corrected chi connectivity index (χ1v) is 24.8. The SMILES string of the molecule is CCN1/C(=C/C=C2\CC(C(C)(C)C(=O)OC)CC(/C=C/C3=[N+](CC)c4ccc5cc(OC)ccc5c4C3(C)C)=C2Sc2ccc(C(=O)CCCN)cc2)C(C)(C)c2c1ccc1cc(C)ccc21.[I-]. The fourth-order valence-corrected chi connectivity index (χ4v) is 12.1. The molecule has 1 aliphatic carbocycles. The van der Waals surface area contributed by atoms with Gasteiger partial charge in [0.25, 0.3) is 0 Å². The first-order chi connectivity index (χ1) is 32.0. The molecule has 0 spiro atoms. The molecule has 2 aliphatic heterocycles. The number of anilines is 1. The van der Waals surface area contributed by atoms with Crippen molar-refractivity contribution in [2.75, 3.05) is 38.8 Å². The number of ketones is 1. The number of carbonyl (C=O) groups is 2. The lowest BCUT2D eigenvalue weighted by molar-refractivity contribution is -0.433. The van der Waals surface area contributed by atoms with Crippen LogP contribution in [0, 0.1) is 18.3 Å². The highest BCUT2D eigenvalue weighted by molar-refractivity contribution is 8.03. The lowest BCUT2D eigenvalue weighted by Crippen LogP contribution is -3.00. The molecule has 0 amide bonds. The summed E-state index contributed by atoms with van der Waals surface area (Å²) in [5, 5.41) is 4.93. The molecule has 5 aromatic rings. The van der Waals surface area contributed by atoms with E-state index in [0.717, 1.165) is 29.1 Å². The summed E-state index contributed by atoms with van der Waals surface area (Å²) in [5.74, 6) is 0.700. The van der Waals surface area contributed by atoms with Gasteiger partial charge in [0.05, 0.1) is 25.0 Å². The molecule has 68 heavy (non-hydrogen) atoms. The summed E-state index contributed by atoms with van der Waals surface area (Å²) in [4.78, 5) is 31.4. The molecule has 9 heteroatoms. The number of benzene rings is 5. The number of esters is 1. The molecule has 5 aromatic carbocycles. The highest BCUT2D eigenvalue weighted by Gasteiger charge is 2.46. The zero-order valence-corrected chi connectivity index (χ0v) is 44.8. The van der Waals surface area contributed by atoms with E-state index in [1.807, 2.05) is 26.0 Å². The maximum absolute atomic E-state index is 13.7. The van der Waals surface area contributed by atoms with E-state index >= 15 is 0 Å². The van der Waals surface area contributed by atoms with Crippen molar-refractivity contribution in [1.29, 1.82) is 0 Å². The van der Waals surface area contributed by atoms with Crippen molar-refractivity contribution < 1.29 is 47.6 Å². The molecule has 2 N–H and O–H groups in total. The molecule has 7 nitrogen and oxygen atoms in total. The third-order valence-electron chi connectivity index (χ3n) is 14.8. The van der Waals surface area contributed by atoms with Crippen LogP contribution in [-0.2, 0) is 20.4 Å². The Morgan fingerprint density at radius 2 is 1.54 bits per heavy atom. The number of aryl methyl sites for hydroxylation is 1. The van der Waals surface area contributed by atoms with Crippen molar-refractivity contribution in [3.63, 3.8) is 0 Å². The monoisotopic (exact) mass is 1040 g/mol. The van der Waals surface area contributed by atoms with Crippen molar-refractivity contribution in [3.05, 3.63) is 153 Å². The lowest BCUT2D eigenvalue weighted by atomic mass is 9.69. The van der Waals surface area contributed by atoms with Crippen molar-refractivity contribution in [1.82, 2.24) is 0 Å². The van der Waals surface area contributed by atoms with Crippen molar-refractivity contribution in [3.8, 4) is 5.75 Å². The fourth-order valence-electron chi connectivity index (χ4n) is 11.0. The highest BCUT2D eigenvalue weighted by atomic mass is 127. The molecule has 356 valence electrons. The molecule has 1 atom stereocenters. The number of allylic oxidation sites excluding steroid dienone is 7. The summed E-state index contributed by atoms with van der Waals surface area (Å²) in [6.07, 6.45) is 11.8. The van der Waals surface area contributed by atoms with E-state index < -0.39 is 5.41 Å². The van der Waals surface area contributed by atoms with Gasteiger partial charge in [-0.15, -0.1) is 0 Å². The molecular weight excluding hydrogens is 974 g/mol. The first kappa shape index (κ1) is 50.9. The van der Waals surface area contributed by atoms with Crippen molar-refractivity contribution in [2.24, 2.45) is 17.1 Å². The largest absolute Gasteiger partial charge is 1.00 e. The maximum atomic E-state index is 13.7. The lowest BCUT2D eigenvalue weighted by Gasteiger charge is -2.37. The number of fused-ring (bicyclic) bond motifs is 6. The van der Waals surface area contributed by atoms with E-state index in [9.17, 15) is 9.59 Å². The van der Waals surface area contributed by atoms with Gasteiger partial charge in [-0.3, -0.25) is 9.59 Å². The normalized spacial score (nSPS) is 18.8. The van der Waals surface area contributed by atoms with Gasteiger partial charge in [-0.2, -0.15) is 4.58 Å². The van der Waals surface area contributed by atoms with Crippen LogP contribution >= 0.6 is 11.8 Å². The minimum Gasteiger partial charge on any atom is -1.00 e. The zero-order valence-electron chi connectivity index (χ0n) is 41.8. The molecule has 0 bridgehead atoms. The van der Waals surface area contributed by atoms with Crippen LogP contribution in [0.25, 0.3) is 21.5 Å². The van der Waals surface area contributed by atoms with Gasteiger partial charge < -0.3 is 44.1 Å². The van der Waals surface area contributed by atoms with E-state index in [1.54, 1.807) is 18.9 Å². The van der Waals surface area contributed by atoms with Gasteiger partial charge in [-0.1, -0.05) is 85.8 Å². The van der Waals surface area contributed by atoms with E-state index in [2.05, 4.69) is 155 Å². The predicted molar refractivity (Wildman–Crippen MR) is 279 cm³/mol. The van der Waals surface area contributed by atoms with Crippen LogP contribution < -0.4 is 39.3 Å². The van der Waals surface area contributed by atoms with Gasteiger partial charge in [0.15, 0.2) is 11.5 Å². The molecule has 0 saturated carbocycles. The van der Waals surface area contributed by atoms with Crippen LogP contribution in [0.5, 0.6) is 5.75 Å². The van der Waals surface area contributed by atoms with Gasteiger partial charge in [0.2, 0.25) is 5.69 Å². The van der Waals surface area contributed by atoms with Crippen LogP contribution in [0.2, 0.25) is 0 Å². The second-order valence-corrected chi connectivity index (χ2v) is 21.1. The number of carbonyl (C=O) groups excluding carboxylic acids is 2. The summed E-state index contributed by atoms with van der Waals surface area (Å²) in [5.41, 5.74) is 16.3. The average Bonchev–Trinajstić information content (AvgIpc) is 3.69. The Labute approximate surface area is 425 Å². The Morgan fingerprint density at radius 3 is 2.22 bits per heavy atom. The van der Waals surface area contributed by atoms with Crippen LogP contribution in [-0.4, -0.2) is 55.9 Å². The van der Waals surface area contributed by atoms with Crippen LogP contribution in [0.4, 0.5) is 11.4 Å². The highest BCUT2D eigenvalue weighted by Crippen LogP contribution is 2.53. The van der Waals surface area contributed by atoms with Gasteiger partial charge in [0.1, 0.15) is 12.3 Å². The number of halogens is 1. The van der Waals surface area contributed by atoms with Crippen LogP contribution in [0.1, 0.15) is 108 Å². The van der Waals surface area contributed by atoms with Crippen molar-refractivity contribution in [2.45, 2.75) is 104 Å². The third kappa shape index (κ3) is 9.15. The molecule has 1 unspecified atom stereocenters. The number of Topliss-reactive ketones (excluding diaryl/α,β-unsaturated/α-hetero) is 1. The molecule has 0 saturated heterocycles. The second kappa shape index (κ2) is 20.2. The number of thioether (sulfide) groups is 1. The topological polar surface area (TPSA) is 84.9 Å². The molecule has 0 radical (unpaired) electrons. The zero-order chi connectivity index (χ0) is 48.0. The van der Waals surface area contributed by atoms with E-state index in [0.29, 0.717) is 37.8 Å². The van der Waals surface area contributed by atoms with Gasteiger partial charge in [0, 0.05) is 62.8 Å². The molecule has 8 rings (SSSR count). The van der Waals surface area contributed by atoms with Gasteiger partial charge >= 0.3 is 5.97 Å². The second-order valence-electron chi connectivity index (χ2n) is 20.0.